The van der Waals surface area contributed by atoms with Gasteiger partial charge in [-0.3, -0.25) is 9.59 Å². The van der Waals surface area contributed by atoms with E-state index < -0.39 is 29.9 Å². The third kappa shape index (κ3) is 6.14. The first-order valence-electron chi connectivity index (χ1n) is 8.48. The SMILES string of the molecule is C=CCNC(=O)[C@@H](C)OC(=O)[C@H](Cc1ccccc1)NC(=O)c1ccco1. The van der Waals surface area contributed by atoms with Gasteiger partial charge < -0.3 is 19.8 Å². The first-order chi connectivity index (χ1) is 13.0. The Morgan fingerprint density at radius 1 is 1.19 bits per heavy atom. The number of furan rings is 1. The van der Waals surface area contributed by atoms with Crippen molar-refractivity contribution in [2.24, 2.45) is 0 Å². The number of ether oxygens (including phenoxy) is 1. The van der Waals surface area contributed by atoms with E-state index in [1.54, 1.807) is 6.07 Å². The summed E-state index contributed by atoms with van der Waals surface area (Å²) in [7, 11) is 0. The zero-order chi connectivity index (χ0) is 19.6. The number of nitrogens with one attached hydrogen (secondary N) is 2. The average Bonchev–Trinajstić information content (AvgIpc) is 3.21. The van der Waals surface area contributed by atoms with Crippen LogP contribution in [0.25, 0.3) is 0 Å². The van der Waals surface area contributed by atoms with Crippen LogP contribution in [-0.4, -0.2) is 36.5 Å². The van der Waals surface area contributed by atoms with Crippen molar-refractivity contribution >= 4 is 17.8 Å². The third-order valence-electron chi connectivity index (χ3n) is 3.70. The maximum atomic E-state index is 12.6. The summed E-state index contributed by atoms with van der Waals surface area (Å²) < 4.78 is 10.3. The Hall–Kier alpha value is -3.35. The second-order valence-corrected chi connectivity index (χ2v) is 5.81. The largest absolute Gasteiger partial charge is 0.459 e. The summed E-state index contributed by atoms with van der Waals surface area (Å²) in [6.07, 6.45) is 2.10. The molecule has 2 N–H and O–H groups in total. The molecule has 0 aliphatic heterocycles. The second kappa shape index (κ2) is 9.96. The lowest BCUT2D eigenvalue weighted by Gasteiger charge is -2.20. The number of carbonyl (C=O) groups is 3. The topological polar surface area (TPSA) is 97.6 Å². The van der Waals surface area contributed by atoms with Crippen molar-refractivity contribution in [2.75, 3.05) is 6.54 Å². The lowest BCUT2D eigenvalue weighted by molar-refractivity contribution is -0.156. The van der Waals surface area contributed by atoms with Gasteiger partial charge in [-0.1, -0.05) is 36.4 Å². The molecule has 1 aromatic carbocycles. The number of amides is 2. The lowest BCUT2D eigenvalue weighted by Crippen LogP contribution is -2.46. The normalized spacial score (nSPS) is 12.5. The van der Waals surface area contributed by atoms with Crippen molar-refractivity contribution in [1.29, 1.82) is 0 Å². The summed E-state index contributed by atoms with van der Waals surface area (Å²) in [5.41, 5.74) is 0.836. The van der Waals surface area contributed by atoms with E-state index in [-0.39, 0.29) is 18.7 Å². The molecule has 0 unspecified atom stereocenters. The van der Waals surface area contributed by atoms with Crippen LogP contribution in [0.15, 0.2) is 65.8 Å². The molecule has 0 bridgehead atoms. The minimum absolute atomic E-state index is 0.0811. The van der Waals surface area contributed by atoms with Crippen molar-refractivity contribution < 1.29 is 23.5 Å². The first-order valence-corrected chi connectivity index (χ1v) is 8.48. The van der Waals surface area contributed by atoms with Gasteiger partial charge in [0.15, 0.2) is 11.9 Å². The van der Waals surface area contributed by atoms with Crippen LogP contribution >= 0.6 is 0 Å². The maximum Gasteiger partial charge on any atom is 0.329 e. The molecule has 2 atom stereocenters. The van der Waals surface area contributed by atoms with E-state index in [2.05, 4.69) is 17.2 Å². The van der Waals surface area contributed by atoms with E-state index in [9.17, 15) is 14.4 Å². The minimum atomic E-state index is -1.00. The number of benzene rings is 1. The predicted octanol–water partition coefficient (Wildman–Crippen LogP) is 1.85. The first kappa shape index (κ1) is 20.0. The molecule has 0 spiro atoms. The molecule has 1 aromatic heterocycles. The van der Waals surface area contributed by atoms with Gasteiger partial charge in [0.1, 0.15) is 6.04 Å². The van der Waals surface area contributed by atoms with Gasteiger partial charge in [0, 0.05) is 13.0 Å². The smallest absolute Gasteiger partial charge is 0.329 e. The highest BCUT2D eigenvalue weighted by Gasteiger charge is 2.27. The zero-order valence-electron chi connectivity index (χ0n) is 15.0. The molecular weight excluding hydrogens is 348 g/mol. The van der Waals surface area contributed by atoms with E-state index in [4.69, 9.17) is 9.15 Å². The van der Waals surface area contributed by atoms with Crippen LogP contribution in [0, 0.1) is 0 Å². The van der Waals surface area contributed by atoms with Crippen LogP contribution in [0.5, 0.6) is 0 Å². The van der Waals surface area contributed by atoms with Gasteiger partial charge in [0.05, 0.1) is 6.26 Å². The van der Waals surface area contributed by atoms with Crippen molar-refractivity contribution in [1.82, 2.24) is 10.6 Å². The van der Waals surface area contributed by atoms with Gasteiger partial charge >= 0.3 is 5.97 Å². The molecule has 0 saturated heterocycles. The molecule has 2 rings (SSSR count). The maximum absolute atomic E-state index is 12.6. The summed E-state index contributed by atoms with van der Waals surface area (Å²) >= 11 is 0. The summed E-state index contributed by atoms with van der Waals surface area (Å²) in [6.45, 7) is 5.24. The van der Waals surface area contributed by atoms with Gasteiger partial charge in [0.2, 0.25) is 0 Å². The van der Waals surface area contributed by atoms with E-state index >= 15 is 0 Å². The van der Waals surface area contributed by atoms with Crippen molar-refractivity contribution in [3.63, 3.8) is 0 Å². The fraction of sp³-hybridized carbons (Fsp3) is 0.250. The highest BCUT2D eigenvalue weighted by atomic mass is 16.5. The minimum Gasteiger partial charge on any atom is -0.459 e. The van der Waals surface area contributed by atoms with E-state index in [0.717, 1.165) is 5.56 Å². The van der Waals surface area contributed by atoms with Crippen LogP contribution in [0.2, 0.25) is 0 Å². The van der Waals surface area contributed by atoms with Gasteiger partial charge in [-0.05, 0) is 24.6 Å². The summed E-state index contributed by atoms with van der Waals surface area (Å²) in [6, 6.07) is 11.3. The summed E-state index contributed by atoms with van der Waals surface area (Å²) in [5, 5.41) is 5.15. The Morgan fingerprint density at radius 2 is 1.93 bits per heavy atom. The number of hydrogen-bond donors (Lipinski definition) is 2. The van der Waals surface area contributed by atoms with Gasteiger partial charge in [0.25, 0.3) is 11.8 Å². The number of hydrogen-bond acceptors (Lipinski definition) is 5. The molecule has 142 valence electrons. The molecule has 7 nitrogen and oxygen atoms in total. The van der Waals surface area contributed by atoms with Crippen LogP contribution in [0.1, 0.15) is 23.0 Å². The fourth-order valence-corrected chi connectivity index (χ4v) is 2.31. The van der Waals surface area contributed by atoms with Gasteiger partial charge in [-0.15, -0.1) is 6.58 Å². The van der Waals surface area contributed by atoms with Crippen LogP contribution in [0.4, 0.5) is 0 Å². The number of rotatable bonds is 9. The molecule has 2 amide bonds. The predicted molar refractivity (Wildman–Crippen MR) is 98.9 cm³/mol. The standard InChI is InChI=1S/C20H22N2O5/c1-3-11-21-18(23)14(2)27-20(25)16(13-15-8-5-4-6-9-15)22-19(24)17-10-7-12-26-17/h3-10,12,14,16H,1,11,13H2,2H3,(H,21,23)(H,22,24)/t14-,16+/m1/s1. The molecule has 0 radical (unpaired) electrons. The molecule has 27 heavy (non-hydrogen) atoms. The van der Waals surface area contributed by atoms with Crippen molar-refractivity contribution in [2.45, 2.75) is 25.5 Å². The van der Waals surface area contributed by atoms with Crippen LogP contribution in [-0.2, 0) is 20.7 Å². The number of esters is 1. The van der Waals surface area contributed by atoms with Crippen LogP contribution < -0.4 is 10.6 Å². The zero-order valence-corrected chi connectivity index (χ0v) is 15.0. The Labute approximate surface area is 157 Å². The van der Waals surface area contributed by atoms with Gasteiger partial charge in [-0.25, -0.2) is 4.79 Å². The lowest BCUT2D eigenvalue weighted by atomic mass is 10.1. The monoisotopic (exact) mass is 370 g/mol. The van der Waals surface area contributed by atoms with Crippen LogP contribution in [0.3, 0.4) is 0 Å². The van der Waals surface area contributed by atoms with Gasteiger partial charge in [-0.2, -0.15) is 0 Å². The second-order valence-electron chi connectivity index (χ2n) is 5.81. The molecule has 2 aromatic rings. The van der Waals surface area contributed by atoms with E-state index in [0.29, 0.717) is 0 Å². The number of carbonyl (C=O) groups excluding carboxylic acids is 3. The van der Waals surface area contributed by atoms with Crippen molar-refractivity contribution in [3.8, 4) is 0 Å². The Kier molecular flexibility index (Phi) is 7.37. The summed E-state index contributed by atoms with van der Waals surface area (Å²) in [4.78, 5) is 36.7. The molecular formula is C20H22N2O5. The quantitative estimate of drug-likeness (QED) is 0.519. The Bertz CT molecular complexity index is 771. The molecule has 0 saturated carbocycles. The molecule has 0 fully saturated rings. The average molecular weight is 370 g/mol. The van der Waals surface area contributed by atoms with E-state index in [1.807, 2.05) is 30.3 Å². The molecule has 7 heteroatoms. The third-order valence-corrected chi connectivity index (χ3v) is 3.70. The summed E-state index contributed by atoms with van der Waals surface area (Å²) in [5.74, 6) is -1.61. The van der Waals surface area contributed by atoms with E-state index in [1.165, 1.54) is 25.3 Å². The molecule has 0 aliphatic rings. The highest BCUT2D eigenvalue weighted by molar-refractivity contribution is 5.95. The molecule has 0 aliphatic carbocycles. The highest BCUT2D eigenvalue weighted by Crippen LogP contribution is 2.08. The van der Waals surface area contributed by atoms with Crippen molar-refractivity contribution in [3.05, 3.63) is 72.7 Å². The Morgan fingerprint density at radius 3 is 2.56 bits per heavy atom. The molecule has 1 heterocycles. The fourth-order valence-electron chi connectivity index (χ4n) is 2.31. The Balaban J connectivity index is 2.07.